The van der Waals surface area contributed by atoms with E-state index in [1.807, 2.05) is 70.1 Å². The monoisotopic (exact) mass is 274 g/mol. The summed E-state index contributed by atoms with van der Waals surface area (Å²) in [5.41, 5.74) is 0.284. The molecule has 0 radical (unpaired) electrons. The maximum absolute atomic E-state index is 10.1. The maximum atomic E-state index is 10.1. The zero-order chi connectivity index (χ0) is 14.8. The van der Waals surface area contributed by atoms with E-state index >= 15 is 0 Å². The lowest BCUT2D eigenvalue weighted by molar-refractivity contribution is 0.00578. The number of hydrogen-bond acceptors (Lipinski definition) is 3. The Morgan fingerprint density at radius 2 is 1.65 bits per heavy atom. The lowest BCUT2D eigenvalue weighted by Crippen LogP contribution is -2.41. The van der Waals surface area contributed by atoms with E-state index in [9.17, 15) is 5.11 Å². The molecule has 1 saturated heterocycles. The van der Waals surface area contributed by atoms with Crippen LogP contribution in [0.25, 0.3) is 0 Å². The molecule has 1 atom stereocenters. The molecule has 20 heavy (non-hydrogen) atoms. The third-order valence-electron chi connectivity index (χ3n) is 4.11. The van der Waals surface area contributed by atoms with Crippen molar-refractivity contribution in [1.82, 2.24) is 0 Å². The van der Waals surface area contributed by atoms with Crippen molar-refractivity contribution >= 4 is 7.12 Å². The summed E-state index contributed by atoms with van der Waals surface area (Å²) in [6.45, 7) is 8.11. The van der Waals surface area contributed by atoms with E-state index in [0.717, 1.165) is 5.56 Å². The average molecular weight is 274 g/mol. The first-order valence-corrected chi connectivity index (χ1v) is 7.07. The van der Waals surface area contributed by atoms with Crippen LogP contribution < -0.4 is 0 Å². The molecule has 1 aromatic rings. The Labute approximate surface area is 121 Å². The SMILES string of the molecule is CC1(C)OB(/C=C\C[C@@H](O)c2ccccc2)OC1(C)C. The van der Waals surface area contributed by atoms with Crippen LogP contribution in [0, 0.1) is 0 Å². The molecule has 0 spiro atoms. The van der Waals surface area contributed by atoms with Crippen molar-refractivity contribution in [3.8, 4) is 0 Å². The first kappa shape index (κ1) is 15.3. The van der Waals surface area contributed by atoms with Crippen molar-refractivity contribution in [2.45, 2.75) is 51.4 Å². The number of aliphatic hydroxyl groups excluding tert-OH is 1. The van der Waals surface area contributed by atoms with Crippen LogP contribution in [0.4, 0.5) is 0 Å². The Morgan fingerprint density at radius 3 is 2.20 bits per heavy atom. The standard InChI is InChI=1S/C16H23BO3/c1-15(2)16(3,4)20-17(19-15)12-8-11-14(18)13-9-6-5-7-10-13/h5-10,12,14,18H,11H2,1-4H3/b12-8-/t14-/m1/s1. The smallest absolute Gasteiger partial charge is 0.400 e. The van der Waals surface area contributed by atoms with E-state index in [-0.39, 0.29) is 18.3 Å². The average Bonchev–Trinajstić information content (AvgIpc) is 2.58. The number of hydrogen-bond donors (Lipinski definition) is 1. The van der Waals surface area contributed by atoms with Gasteiger partial charge in [0.25, 0.3) is 0 Å². The Bertz CT molecular complexity index is 452. The summed E-state index contributed by atoms with van der Waals surface area (Å²) >= 11 is 0. The third kappa shape index (κ3) is 3.32. The fraction of sp³-hybridized carbons (Fsp3) is 0.500. The minimum Gasteiger partial charge on any atom is -0.400 e. The molecule has 2 rings (SSSR count). The predicted octanol–water partition coefficient (Wildman–Crippen LogP) is 3.30. The quantitative estimate of drug-likeness (QED) is 0.856. The summed E-state index contributed by atoms with van der Waals surface area (Å²) in [4.78, 5) is 0. The van der Waals surface area contributed by atoms with Gasteiger partial charge in [-0.1, -0.05) is 42.4 Å². The molecule has 1 aromatic carbocycles. The van der Waals surface area contributed by atoms with Crippen molar-refractivity contribution < 1.29 is 14.4 Å². The molecule has 0 bridgehead atoms. The summed E-state index contributed by atoms with van der Waals surface area (Å²) in [5, 5.41) is 10.1. The van der Waals surface area contributed by atoms with Gasteiger partial charge in [-0.3, -0.25) is 0 Å². The highest BCUT2D eigenvalue weighted by Crippen LogP contribution is 2.36. The second-order valence-corrected chi connectivity index (χ2v) is 6.22. The van der Waals surface area contributed by atoms with Crippen LogP contribution in [0.15, 0.2) is 42.4 Å². The summed E-state index contributed by atoms with van der Waals surface area (Å²) in [7, 11) is -0.344. The van der Waals surface area contributed by atoms with E-state index in [4.69, 9.17) is 9.31 Å². The molecule has 0 aromatic heterocycles. The van der Waals surface area contributed by atoms with Gasteiger partial charge in [-0.25, -0.2) is 0 Å². The third-order valence-corrected chi connectivity index (χ3v) is 4.11. The van der Waals surface area contributed by atoms with E-state index in [0.29, 0.717) is 6.42 Å². The highest BCUT2D eigenvalue weighted by molar-refractivity contribution is 6.51. The van der Waals surface area contributed by atoms with Crippen molar-refractivity contribution in [3.63, 3.8) is 0 Å². The Hall–Kier alpha value is -1.10. The van der Waals surface area contributed by atoms with Crippen LogP contribution in [0.2, 0.25) is 0 Å². The zero-order valence-corrected chi connectivity index (χ0v) is 12.7. The molecule has 0 aliphatic carbocycles. The van der Waals surface area contributed by atoms with Gasteiger partial charge in [0.05, 0.1) is 17.3 Å². The summed E-state index contributed by atoms with van der Waals surface area (Å²) in [6.07, 6.45) is 1.98. The van der Waals surface area contributed by atoms with Gasteiger partial charge < -0.3 is 14.4 Å². The lowest BCUT2D eigenvalue weighted by atomic mass is 9.89. The van der Waals surface area contributed by atoms with E-state index in [1.54, 1.807) is 0 Å². The van der Waals surface area contributed by atoms with Gasteiger partial charge in [0.15, 0.2) is 0 Å². The predicted molar refractivity (Wildman–Crippen MR) is 81.2 cm³/mol. The van der Waals surface area contributed by atoms with Crippen molar-refractivity contribution in [3.05, 3.63) is 47.9 Å². The summed E-state index contributed by atoms with van der Waals surface area (Å²) in [5.74, 6) is 1.88. The van der Waals surface area contributed by atoms with Crippen LogP contribution in [0.1, 0.15) is 45.8 Å². The van der Waals surface area contributed by atoms with Crippen LogP contribution in [0.5, 0.6) is 0 Å². The van der Waals surface area contributed by atoms with Crippen molar-refractivity contribution in [2.75, 3.05) is 0 Å². The van der Waals surface area contributed by atoms with E-state index in [1.165, 1.54) is 0 Å². The Kier molecular flexibility index (Phi) is 4.38. The molecule has 4 heteroatoms. The van der Waals surface area contributed by atoms with Gasteiger partial charge >= 0.3 is 7.12 Å². The van der Waals surface area contributed by atoms with Gasteiger partial charge in [-0.2, -0.15) is 0 Å². The van der Waals surface area contributed by atoms with Crippen LogP contribution in [-0.4, -0.2) is 23.4 Å². The first-order valence-electron chi connectivity index (χ1n) is 7.07. The number of benzene rings is 1. The largest absolute Gasteiger partial charge is 0.486 e. The van der Waals surface area contributed by atoms with Crippen molar-refractivity contribution in [2.24, 2.45) is 0 Å². The fourth-order valence-electron chi connectivity index (χ4n) is 2.10. The van der Waals surface area contributed by atoms with Crippen LogP contribution >= 0.6 is 0 Å². The topological polar surface area (TPSA) is 38.7 Å². The second kappa shape index (κ2) is 5.72. The summed E-state index contributed by atoms with van der Waals surface area (Å²) < 4.78 is 11.7. The van der Waals surface area contributed by atoms with Gasteiger partial charge in [-0.15, -0.1) is 0 Å². The van der Waals surface area contributed by atoms with Gasteiger partial charge in [0.1, 0.15) is 0 Å². The van der Waals surface area contributed by atoms with E-state index in [2.05, 4.69) is 0 Å². The molecule has 3 nitrogen and oxygen atoms in total. The second-order valence-electron chi connectivity index (χ2n) is 6.22. The molecular formula is C16H23BO3. The summed E-state index contributed by atoms with van der Waals surface area (Å²) in [6, 6.07) is 9.64. The lowest BCUT2D eigenvalue weighted by Gasteiger charge is -2.32. The molecule has 0 unspecified atom stereocenters. The van der Waals surface area contributed by atoms with Crippen molar-refractivity contribution in [1.29, 1.82) is 0 Å². The van der Waals surface area contributed by atoms with Gasteiger partial charge in [0, 0.05) is 0 Å². The molecule has 1 fully saturated rings. The van der Waals surface area contributed by atoms with Gasteiger partial charge in [-0.05, 0) is 39.7 Å². The normalized spacial score (nSPS) is 22.4. The molecule has 0 amide bonds. The fourth-order valence-corrected chi connectivity index (χ4v) is 2.10. The van der Waals surface area contributed by atoms with Crippen LogP contribution in [0.3, 0.4) is 0 Å². The molecule has 1 heterocycles. The molecule has 1 N–H and O–H groups in total. The Balaban J connectivity index is 1.89. The number of rotatable bonds is 4. The van der Waals surface area contributed by atoms with E-state index < -0.39 is 6.10 Å². The van der Waals surface area contributed by atoms with Crippen LogP contribution in [-0.2, 0) is 9.31 Å². The zero-order valence-electron chi connectivity index (χ0n) is 12.7. The molecule has 1 aliphatic rings. The highest BCUT2D eigenvalue weighted by atomic mass is 16.7. The highest BCUT2D eigenvalue weighted by Gasteiger charge is 2.49. The first-order chi connectivity index (χ1) is 9.32. The Morgan fingerprint density at radius 1 is 1.10 bits per heavy atom. The molecular weight excluding hydrogens is 251 g/mol. The molecule has 1 aliphatic heterocycles. The molecule has 108 valence electrons. The minimum atomic E-state index is -0.491. The minimum absolute atomic E-state index is 0.319. The maximum Gasteiger partial charge on any atom is 0.486 e. The van der Waals surface area contributed by atoms with Gasteiger partial charge in [0.2, 0.25) is 0 Å². The molecule has 0 saturated carbocycles. The number of aliphatic hydroxyl groups is 1.